The number of esters is 1. The van der Waals surface area contributed by atoms with Crippen LogP contribution in [0.5, 0.6) is 0 Å². The van der Waals surface area contributed by atoms with Gasteiger partial charge < -0.3 is 9.47 Å². The van der Waals surface area contributed by atoms with Crippen LogP contribution < -0.4 is 0 Å². The molecule has 4 rings (SSSR count). The molecule has 0 spiro atoms. The number of carbonyl (C=O) groups excluding carboxylic acids is 1. The largest absolute Gasteiger partial charge is 0.463 e. The van der Waals surface area contributed by atoms with Gasteiger partial charge in [-0.15, -0.1) is 0 Å². The fourth-order valence-electron chi connectivity index (χ4n) is 4.81. The maximum Gasteiger partial charge on any atom is 0.312 e. The Hall–Kier alpha value is -0.570. The molecule has 0 N–H and O–H groups in total. The van der Waals surface area contributed by atoms with Gasteiger partial charge in [-0.3, -0.25) is 4.79 Å². The lowest BCUT2D eigenvalue weighted by molar-refractivity contribution is -0.172. The van der Waals surface area contributed by atoms with Gasteiger partial charge in [-0.25, -0.2) is 0 Å². The quantitative estimate of drug-likeness (QED) is 0.556. The molecule has 0 aromatic heterocycles. The minimum atomic E-state index is -0.126. The van der Waals surface area contributed by atoms with E-state index in [0.29, 0.717) is 19.8 Å². The number of carbonyl (C=O) groups is 1. The molecular weight excluding hydrogens is 228 g/mol. The van der Waals surface area contributed by atoms with E-state index in [2.05, 4.69) is 6.92 Å². The summed E-state index contributed by atoms with van der Waals surface area (Å²) in [5.74, 6) is 2.42. The normalized spacial score (nSPS) is 41.1. The highest BCUT2D eigenvalue weighted by atomic mass is 16.6. The maximum absolute atomic E-state index is 12.4. The third-order valence-electron chi connectivity index (χ3n) is 5.08. The summed E-state index contributed by atoms with van der Waals surface area (Å²) in [5.41, 5.74) is -0.126. The van der Waals surface area contributed by atoms with E-state index in [-0.39, 0.29) is 11.4 Å². The Bertz CT molecular complexity index is 288. The SMILES string of the molecule is [CH2]COCCOC(=O)C12CC3CC(CC(C3)C1)C2. The van der Waals surface area contributed by atoms with Gasteiger partial charge in [0.15, 0.2) is 0 Å². The number of hydrogen-bond donors (Lipinski definition) is 0. The van der Waals surface area contributed by atoms with Gasteiger partial charge in [0, 0.05) is 6.61 Å². The van der Waals surface area contributed by atoms with E-state index in [9.17, 15) is 4.79 Å². The van der Waals surface area contributed by atoms with Gasteiger partial charge in [0.25, 0.3) is 0 Å². The highest BCUT2D eigenvalue weighted by molar-refractivity contribution is 5.77. The predicted molar refractivity (Wildman–Crippen MR) is 67.7 cm³/mol. The Morgan fingerprint density at radius 3 is 2.11 bits per heavy atom. The van der Waals surface area contributed by atoms with E-state index < -0.39 is 0 Å². The molecule has 4 aliphatic carbocycles. The van der Waals surface area contributed by atoms with Gasteiger partial charge in [0.1, 0.15) is 6.61 Å². The zero-order chi connectivity index (χ0) is 12.6. The first-order valence-electron chi connectivity index (χ1n) is 7.26. The van der Waals surface area contributed by atoms with E-state index in [1.807, 2.05) is 0 Å². The van der Waals surface area contributed by atoms with E-state index >= 15 is 0 Å². The molecule has 0 heterocycles. The lowest BCUT2D eigenvalue weighted by atomic mass is 9.49. The second-order valence-electron chi connectivity index (χ2n) is 6.45. The molecule has 3 nitrogen and oxygen atoms in total. The summed E-state index contributed by atoms with van der Waals surface area (Å²) in [6, 6.07) is 0. The summed E-state index contributed by atoms with van der Waals surface area (Å²) in [6.45, 7) is 4.89. The highest BCUT2D eigenvalue weighted by Crippen LogP contribution is 2.60. The lowest BCUT2D eigenvalue weighted by Crippen LogP contribution is -2.50. The molecule has 3 heteroatoms. The van der Waals surface area contributed by atoms with Crippen molar-refractivity contribution in [1.82, 2.24) is 0 Å². The average molecular weight is 251 g/mol. The molecule has 0 aromatic carbocycles. The van der Waals surface area contributed by atoms with E-state index in [4.69, 9.17) is 9.47 Å². The molecule has 4 aliphatic rings. The van der Waals surface area contributed by atoms with Crippen LogP contribution in [0.4, 0.5) is 0 Å². The summed E-state index contributed by atoms with van der Waals surface area (Å²) in [4.78, 5) is 12.4. The molecule has 0 saturated heterocycles. The Kier molecular flexibility index (Phi) is 3.35. The fourth-order valence-corrected chi connectivity index (χ4v) is 4.81. The number of ether oxygens (including phenoxy) is 2. The van der Waals surface area contributed by atoms with Crippen LogP contribution >= 0.6 is 0 Å². The number of rotatable bonds is 5. The monoisotopic (exact) mass is 251 g/mol. The van der Waals surface area contributed by atoms with Crippen molar-refractivity contribution in [1.29, 1.82) is 0 Å². The molecule has 4 fully saturated rings. The second-order valence-corrected chi connectivity index (χ2v) is 6.45. The van der Waals surface area contributed by atoms with E-state index in [1.54, 1.807) is 0 Å². The van der Waals surface area contributed by atoms with Gasteiger partial charge >= 0.3 is 5.97 Å². The van der Waals surface area contributed by atoms with Crippen molar-refractivity contribution in [2.45, 2.75) is 38.5 Å². The molecule has 0 amide bonds. The first-order chi connectivity index (χ1) is 8.72. The molecule has 101 valence electrons. The number of hydrogen-bond acceptors (Lipinski definition) is 3. The van der Waals surface area contributed by atoms with Gasteiger partial charge in [-0.1, -0.05) is 0 Å². The molecule has 4 bridgehead atoms. The lowest BCUT2D eigenvalue weighted by Gasteiger charge is -2.55. The van der Waals surface area contributed by atoms with Gasteiger partial charge in [0.2, 0.25) is 0 Å². The van der Waals surface area contributed by atoms with Crippen LogP contribution in [0, 0.1) is 30.1 Å². The topological polar surface area (TPSA) is 35.5 Å². The molecule has 1 radical (unpaired) electrons. The molecule has 0 aromatic rings. The van der Waals surface area contributed by atoms with Crippen LogP contribution in [-0.4, -0.2) is 25.8 Å². The first kappa shape index (κ1) is 12.5. The van der Waals surface area contributed by atoms with Crippen molar-refractivity contribution < 1.29 is 14.3 Å². The minimum absolute atomic E-state index is 0.0502. The van der Waals surface area contributed by atoms with Crippen LogP contribution in [0.3, 0.4) is 0 Å². The smallest absolute Gasteiger partial charge is 0.312 e. The zero-order valence-corrected chi connectivity index (χ0v) is 11.0. The summed E-state index contributed by atoms with van der Waals surface area (Å²) < 4.78 is 10.6. The first-order valence-corrected chi connectivity index (χ1v) is 7.26. The fraction of sp³-hybridized carbons (Fsp3) is 0.867. The average Bonchev–Trinajstić information content (AvgIpc) is 2.32. The van der Waals surface area contributed by atoms with Crippen LogP contribution in [0.2, 0.25) is 0 Å². The molecule has 0 unspecified atom stereocenters. The Morgan fingerprint density at radius 1 is 1.06 bits per heavy atom. The molecule has 18 heavy (non-hydrogen) atoms. The van der Waals surface area contributed by atoms with Gasteiger partial charge in [-0.2, -0.15) is 0 Å². The van der Waals surface area contributed by atoms with Crippen LogP contribution in [-0.2, 0) is 14.3 Å². The van der Waals surface area contributed by atoms with Crippen molar-refractivity contribution in [2.24, 2.45) is 23.2 Å². The van der Waals surface area contributed by atoms with Crippen LogP contribution in [0.15, 0.2) is 0 Å². The third kappa shape index (κ3) is 2.18. The maximum atomic E-state index is 12.4. The second kappa shape index (κ2) is 4.84. The van der Waals surface area contributed by atoms with E-state index in [0.717, 1.165) is 37.0 Å². The molecule has 0 aliphatic heterocycles. The van der Waals surface area contributed by atoms with Crippen LogP contribution in [0.25, 0.3) is 0 Å². The summed E-state index contributed by atoms with van der Waals surface area (Å²) in [6.07, 6.45) is 7.31. The van der Waals surface area contributed by atoms with Crippen molar-refractivity contribution in [3.63, 3.8) is 0 Å². The Morgan fingerprint density at radius 2 is 1.61 bits per heavy atom. The summed E-state index contributed by atoms with van der Waals surface area (Å²) in [7, 11) is 0. The Balaban J connectivity index is 1.59. The van der Waals surface area contributed by atoms with E-state index in [1.165, 1.54) is 19.3 Å². The standard InChI is InChI=1S/C15H23O3/c1-2-17-3-4-18-14(16)15-8-11-5-12(9-15)7-13(6-11)10-15/h11-13H,1-10H2. The van der Waals surface area contributed by atoms with Crippen molar-refractivity contribution in [3.05, 3.63) is 6.92 Å². The van der Waals surface area contributed by atoms with Crippen molar-refractivity contribution >= 4 is 5.97 Å². The molecule has 4 saturated carbocycles. The summed E-state index contributed by atoms with van der Waals surface area (Å²) >= 11 is 0. The summed E-state index contributed by atoms with van der Waals surface area (Å²) in [5, 5.41) is 0. The predicted octanol–water partition coefficient (Wildman–Crippen LogP) is 2.60. The Labute approximate surface area is 109 Å². The van der Waals surface area contributed by atoms with Crippen LogP contribution in [0.1, 0.15) is 38.5 Å². The van der Waals surface area contributed by atoms with Gasteiger partial charge in [0.05, 0.1) is 12.0 Å². The minimum Gasteiger partial charge on any atom is -0.463 e. The van der Waals surface area contributed by atoms with Crippen molar-refractivity contribution in [3.8, 4) is 0 Å². The zero-order valence-electron chi connectivity index (χ0n) is 11.0. The molecule has 0 atom stereocenters. The highest BCUT2D eigenvalue weighted by Gasteiger charge is 2.55. The third-order valence-corrected chi connectivity index (χ3v) is 5.08. The van der Waals surface area contributed by atoms with Crippen molar-refractivity contribution in [2.75, 3.05) is 19.8 Å². The molecular formula is C15H23O3. The van der Waals surface area contributed by atoms with Gasteiger partial charge in [-0.05, 0) is 63.2 Å².